The first-order chi connectivity index (χ1) is 16.1. The summed E-state index contributed by atoms with van der Waals surface area (Å²) in [5, 5.41) is 15.5. The second-order valence-corrected chi connectivity index (χ2v) is 8.47. The Kier molecular flexibility index (Phi) is 6.10. The summed E-state index contributed by atoms with van der Waals surface area (Å²) in [6.45, 7) is 9.18. The molecule has 5 rings (SSSR count). The minimum absolute atomic E-state index is 0.138. The molecule has 174 valence electrons. The maximum atomic E-state index is 11.6. The molecule has 0 bridgehead atoms. The molecule has 0 unspecified atom stereocenters. The Morgan fingerprint density at radius 1 is 1.06 bits per heavy atom. The number of carbonyl (C=O) groups excluding carboxylic acids is 1. The number of rotatable bonds is 5. The van der Waals surface area contributed by atoms with Gasteiger partial charge in [0.25, 0.3) is 0 Å². The van der Waals surface area contributed by atoms with Gasteiger partial charge in [0.1, 0.15) is 5.75 Å². The molecular weight excluding hydrogens is 422 g/mol. The highest BCUT2D eigenvalue weighted by atomic mass is 16.5. The summed E-state index contributed by atoms with van der Waals surface area (Å²) < 4.78 is 7.43. The van der Waals surface area contributed by atoms with Crippen LogP contribution in [0.1, 0.15) is 6.92 Å². The molecule has 1 amide bonds. The van der Waals surface area contributed by atoms with Crippen LogP contribution < -0.4 is 4.90 Å². The molecule has 2 aliphatic rings. The Balaban J connectivity index is 1.44. The van der Waals surface area contributed by atoms with Gasteiger partial charge in [0.05, 0.1) is 37.0 Å². The molecule has 1 N–H and O–H groups in total. The van der Waals surface area contributed by atoms with Crippen molar-refractivity contribution >= 4 is 22.9 Å². The molecule has 33 heavy (non-hydrogen) atoms. The average molecular weight is 452 g/mol. The number of anilines is 1. The predicted molar refractivity (Wildman–Crippen MR) is 124 cm³/mol. The van der Waals surface area contributed by atoms with E-state index in [1.54, 1.807) is 19.1 Å². The summed E-state index contributed by atoms with van der Waals surface area (Å²) in [5.41, 5.74) is 2.38. The number of nitrogens with zero attached hydrogens (tertiary/aromatic N) is 7. The van der Waals surface area contributed by atoms with E-state index in [0.29, 0.717) is 25.7 Å². The van der Waals surface area contributed by atoms with Gasteiger partial charge in [0.2, 0.25) is 11.9 Å². The van der Waals surface area contributed by atoms with Crippen molar-refractivity contribution in [3.63, 3.8) is 0 Å². The summed E-state index contributed by atoms with van der Waals surface area (Å²) in [4.78, 5) is 27.7. The van der Waals surface area contributed by atoms with E-state index in [2.05, 4.69) is 14.9 Å². The number of benzene rings is 1. The van der Waals surface area contributed by atoms with Gasteiger partial charge in [-0.2, -0.15) is 10.1 Å². The van der Waals surface area contributed by atoms with Crippen LogP contribution in [0.3, 0.4) is 0 Å². The Morgan fingerprint density at radius 2 is 1.85 bits per heavy atom. The molecular formula is C23H29N7O3. The molecule has 0 radical (unpaired) electrons. The molecule has 0 saturated carbocycles. The highest BCUT2D eigenvalue weighted by Crippen LogP contribution is 2.30. The van der Waals surface area contributed by atoms with Gasteiger partial charge >= 0.3 is 0 Å². The van der Waals surface area contributed by atoms with E-state index in [9.17, 15) is 9.90 Å². The molecule has 10 heteroatoms. The lowest BCUT2D eigenvalue weighted by atomic mass is 10.1. The molecule has 4 heterocycles. The second-order valence-electron chi connectivity index (χ2n) is 8.47. The largest absolute Gasteiger partial charge is 0.508 e. The first kappa shape index (κ1) is 21.6. The lowest BCUT2D eigenvalue weighted by Crippen LogP contribution is -2.48. The van der Waals surface area contributed by atoms with Gasteiger partial charge in [-0.25, -0.2) is 9.67 Å². The smallest absolute Gasteiger partial charge is 0.228 e. The Hall–Kier alpha value is -3.24. The van der Waals surface area contributed by atoms with Crippen LogP contribution in [0.5, 0.6) is 5.75 Å². The van der Waals surface area contributed by atoms with Crippen LogP contribution in [0.25, 0.3) is 22.3 Å². The normalized spacial score (nSPS) is 17.6. The minimum Gasteiger partial charge on any atom is -0.508 e. The van der Waals surface area contributed by atoms with E-state index in [1.165, 1.54) is 0 Å². The number of aromatic nitrogens is 4. The van der Waals surface area contributed by atoms with Gasteiger partial charge in [-0.15, -0.1) is 0 Å². The number of hydrogen-bond donors (Lipinski definition) is 1. The van der Waals surface area contributed by atoms with Gasteiger partial charge in [-0.05, 0) is 12.1 Å². The summed E-state index contributed by atoms with van der Waals surface area (Å²) in [6.07, 6.45) is 1.81. The highest BCUT2D eigenvalue weighted by molar-refractivity contribution is 5.91. The van der Waals surface area contributed by atoms with Crippen LogP contribution in [0, 0.1) is 0 Å². The first-order valence-corrected chi connectivity index (χ1v) is 11.4. The van der Waals surface area contributed by atoms with Crippen LogP contribution in [0.2, 0.25) is 0 Å². The van der Waals surface area contributed by atoms with Gasteiger partial charge in [-0.3, -0.25) is 9.69 Å². The minimum atomic E-state index is 0.138. The number of hydrogen-bond acceptors (Lipinski definition) is 8. The molecule has 1 aromatic carbocycles. The van der Waals surface area contributed by atoms with Crippen LogP contribution >= 0.6 is 0 Å². The predicted octanol–water partition coefficient (Wildman–Crippen LogP) is 1.20. The third-order valence-electron chi connectivity index (χ3n) is 6.34. The fourth-order valence-electron chi connectivity index (χ4n) is 4.41. The summed E-state index contributed by atoms with van der Waals surface area (Å²) in [7, 11) is 0. The van der Waals surface area contributed by atoms with Crippen molar-refractivity contribution in [3.05, 3.63) is 30.5 Å². The van der Waals surface area contributed by atoms with Crippen molar-refractivity contribution in [2.45, 2.75) is 13.5 Å². The van der Waals surface area contributed by atoms with E-state index in [4.69, 9.17) is 14.7 Å². The number of phenolic OH excluding ortho intramolecular Hbond substituents is 1. The van der Waals surface area contributed by atoms with Gasteiger partial charge in [0.15, 0.2) is 5.65 Å². The molecule has 3 aromatic rings. The number of carbonyl (C=O) groups is 1. The fraction of sp³-hybridized carbons (Fsp3) is 0.478. The van der Waals surface area contributed by atoms with E-state index in [1.807, 2.05) is 27.9 Å². The summed E-state index contributed by atoms with van der Waals surface area (Å²) in [5.74, 6) is 0.991. The lowest BCUT2D eigenvalue weighted by molar-refractivity contribution is -0.130. The van der Waals surface area contributed by atoms with Crippen LogP contribution in [0.4, 0.5) is 5.95 Å². The van der Waals surface area contributed by atoms with Crippen molar-refractivity contribution in [1.82, 2.24) is 29.5 Å². The molecule has 2 aliphatic heterocycles. The maximum absolute atomic E-state index is 11.6. The lowest BCUT2D eigenvalue weighted by Gasteiger charge is -2.34. The number of amides is 1. The topological polar surface area (TPSA) is 99.9 Å². The van der Waals surface area contributed by atoms with Crippen molar-refractivity contribution in [1.29, 1.82) is 0 Å². The number of fused-ring (bicyclic) bond motifs is 1. The standard InChI is InChI=1S/C23H29N7O3/c1-17(31)28-8-5-27(6-9-28)7-10-30-22-20(16-24-30)21(18-3-2-4-19(32)15-18)25-23(26-22)29-11-13-33-14-12-29/h2-4,15-16,32H,5-14H2,1H3. The number of aromatic hydroxyl groups is 1. The Bertz CT molecular complexity index is 1130. The van der Waals surface area contributed by atoms with E-state index >= 15 is 0 Å². The monoisotopic (exact) mass is 451 g/mol. The van der Waals surface area contributed by atoms with Crippen molar-refractivity contribution in [3.8, 4) is 17.0 Å². The molecule has 10 nitrogen and oxygen atoms in total. The fourth-order valence-corrected chi connectivity index (χ4v) is 4.41. The van der Waals surface area contributed by atoms with E-state index < -0.39 is 0 Å². The third-order valence-corrected chi connectivity index (χ3v) is 6.34. The molecule has 2 saturated heterocycles. The number of morpholine rings is 1. The molecule has 0 aliphatic carbocycles. The maximum Gasteiger partial charge on any atom is 0.228 e. The zero-order valence-corrected chi connectivity index (χ0v) is 18.9. The second kappa shape index (κ2) is 9.32. The average Bonchev–Trinajstić information content (AvgIpc) is 3.26. The highest BCUT2D eigenvalue weighted by Gasteiger charge is 2.22. The molecule has 2 aromatic heterocycles. The number of piperazine rings is 1. The third kappa shape index (κ3) is 4.62. The molecule has 0 atom stereocenters. The van der Waals surface area contributed by atoms with E-state index in [0.717, 1.165) is 68.1 Å². The van der Waals surface area contributed by atoms with Crippen molar-refractivity contribution in [2.75, 3.05) is 63.9 Å². The number of ether oxygens (including phenoxy) is 1. The van der Waals surface area contributed by atoms with E-state index in [-0.39, 0.29) is 11.7 Å². The van der Waals surface area contributed by atoms with Gasteiger partial charge in [-0.1, -0.05) is 12.1 Å². The van der Waals surface area contributed by atoms with Crippen molar-refractivity contribution < 1.29 is 14.6 Å². The van der Waals surface area contributed by atoms with Crippen molar-refractivity contribution in [2.24, 2.45) is 0 Å². The summed E-state index contributed by atoms with van der Waals surface area (Å²) in [6, 6.07) is 7.13. The zero-order chi connectivity index (χ0) is 22.8. The molecule has 2 fully saturated rings. The first-order valence-electron chi connectivity index (χ1n) is 11.4. The summed E-state index contributed by atoms with van der Waals surface area (Å²) >= 11 is 0. The quantitative estimate of drug-likeness (QED) is 0.618. The zero-order valence-electron chi connectivity index (χ0n) is 18.9. The van der Waals surface area contributed by atoms with Gasteiger partial charge in [0, 0.05) is 58.3 Å². The Morgan fingerprint density at radius 3 is 2.58 bits per heavy atom. The molecule has 0 spiro atoms. The Labute approximate surface area is 192 Å². The van der Waals surface area contributed by atoms with Crippen LogP contribution in [-0.2, 0) is 16.1 Å². The SMILES string of the molecule is CC(=O)N1CCN(CCn2ncc3c(-c4cccc(O)c4)nc(N4CCOCC4)nc32)CC1. The van der Waals surface area contributed by atoms with Gasteiger partial charge < -0.3 is 19.6 Å². The number of phenols is 1. The van der Waals surface area contributed by atoms with Crippen LogP contribution in [-0.4, -0.2) is 99.6 Å². The van der Waals surface area contributed by atoms with Crippen LogP contribution in [0.15, 0.2) is 30.5 Å².